The van der Waals surface area contributed by atoms with Crippen LogP contribution in [0.25, 0.3) is 0 Å². The van der Waals surface area contributed by atoms with Gasteiger partial charge >= 0.3 is 0 Å². The number of aldehydes is 1. The summed E-state index contributed by atoms with van der Waals surface area (Å²) < 4.78 is 35.0. The average molecular weight is 387 g/mol. The van der Waals surface area contributed by atoms with E-state index in [2.05, 4.69) is 5.16 Å². The maximum atomic E-state index is 13.1. The highest BCUT2D eigenvalue weighted by Crippen LogP contribution is 2.51. The van der Waals surface area contributed by atoms with E-state index in [0.29, 0.717) is 59.0 Å². The van der Waals surface area contributed by atoms with E-state index in [4.69, 9.17) is 23.8 Å². The predicted molar refractivity (Wildman–Crippen MR) is 97.2 cm³/mol. The van der Waals surface area contributed by atoms with Gasteiger partial charge in [0, 0.05) is 18.4 Å². The Kier molecular flexibility index (Phi) is 4.77. The first-order valence-corrected chi connectivity index (χ1v) is 8.66. The van der Waals surface area contributed by atoms with Gasteiger partial charge in [0.1, 0.15) is 11.9 Å². The first kappa shape index (κ1) is 18.1. The molecule has 0 bridgehead atoms. The number of carbonyl (C=O) groups excluding carboxylic acids is 1. The van der Waals surface area contributed by atoms with Crippen LogP contribution in [0, 0.1) is 5.82 Å². The van der Waals surface area contributed by atoms with Gasteiger partial charge < -0.3 is 23.8 Å². The molecule has 2 aliphatic heterocycles. The van der Waals surface area contributed by atoms with Gasteiger partial charge in [-0.15, -0.1) is 0 Å². The molecule has 28 heavy (non-hydrogen) atoms. The van der Waals surface area contributed by atoms with E-state index in [0.717, 1.165) is 5.56 Å². The molecular weight excluding hydrogens is 369 g/mol. The fourth-order valence-corrected chi connectivity index (χ4v) is 3.45. The molecule has 2 aromatic rings. The molecule has 0 aliphatic carbocycles. The van der Waals surface area contributed by atoms with Gasteiger partial charge in [-0.3, -0.25) is 4.79 Å². The fourth-order valence-electron chi connectivity index (χ4n) is 3.45. The van der Waals surface area contributed by atoms with Crippen LogP contribution in [0.15, 0.2) is 29.4 Å². The van der Waals surface area contributed by atoms with Gasteiger partial charge in [-0.05, 0) is 17.7 Å². The molecule has 0 spiro atoms. The molecular formula is C20H18FNO6. The van der Waals surface area contributed by atoms with E-state index in [1.807, 2.05) is 0 Å². The molecule has 0 radical (unpaired) electrons. The third-order valence-corrected chi connectivity index (χ3v) is 4.74. The van der Waals surface area contributed by atoms with Crippen LogP contribution in [0.5, 0.6) is 23.0 Å². The Bertz CT molecular complexity index is 941. The summed E-state index contributed by atoms with van der Waals surface area (Å²) in [7, 11) is 2.99. The maximum Gasteiger partial charge on any atom is 0.231 e. The molecule has 4 rings (SSSR count). The fraction of sp³-hybridized carbons (Fsp3) is 0.300. The Balaban J connectivity index is 1.64. The summed E-state index contributed by atoms with van der Waals surface area (Å²) >= 11 is 0. The lowest BCUT2D eigenvalue weighted by Crippen LogP contribution is -2.15. The van der Waals surface area contributed by atoms with Crippen LogP contribution >= 0.6 is 0 Å². The molecule has 2 aliphatic rings. The van der Waals surface area contributed by atoms with Crippen molar-refractivity contribution in [2.24, 2.45) is 5.16 Å². The van der Waals surface area contributed by atoms with Gasteiger partial charge in [0.05, 0.1) is 25.5 Å². The van der Waals surface area contributed by atoms with Crippen LogP contribution in [0.3, 0.4) is 0 Å². The van der Waals surface area contributed by atoms with Crippen molar-refractivity contribution in [3.8, 4) is 23.0 Å². The largest absolute Gasteiger partial charge is 0.492 e. The molecule has 0 saturated heterocycles. The van der Waals surface area contributed by atoms with Crippen molar-refractivity contribution >= 4 is 12.0 Å². The number of halogens is 1. The van der Waals surface area contributed by atoms with Crippen molar-refractivity contribution in [1.29, 1.82) is 0 Å². The molecule has 0 saturated carbocycles. The molecule has 0 unspecified atom stereocenters. The number of oxime groups is 1. The van der Waals surface area contributed by atoms with Crippen LogP contribution in [0.2, 0.25) is 0 Å². The Morgan fingerprint density at radius 1 is 1.14 bits per heavy atom. The van der Waals surface area contributed by atoms with Crippen LogP contribution < -0.4 is 18.9 Å². The lowest BCUT2D eigenvalue weighted by Gasteiger charge is -2.18. The molecule has 7 nitrogen and oxygen atoms in total. The maximum absolute atomic E-state index is 13.1. The van der Waals surface area contributed by atoms with Gasteiger partial charge in [-0.1, -0.05) is 17.3 Å². The van der Waals surface area contributed by atoms with E-state index < -0.39 is 0 Å². The van der Waals surface area contributed by atoms with Gasteiger partial charge in [0.15, 0.2) is 17.8 Å². The number of hydrogen-bond donors (Lipinski definition) is 0. The normalized spacial score (nSPS) is 17.1. The van der Waals surface area contributed by atoms with E-state index in [-0.39, 0.29) is 18.7 Å². The predicted octanol–water partition coefficient (Wildman–Crippen LogP) is 3.12. The monoisotopic (exact) mass is 387 g/mol. The first-order chi connectivity index (χ1) is 13.7. The first-order valence-electron chi connectivity index (χ1n) is 8.66. The number of methoxy groups -OCH3 is 2. The topological polar surface area (TPSA) is 75.6 Å². The number of rotatable bonds is 6. The van der Waals surface area contributed by atoms with Crippen molar-refractivity contribution < 1.29 is 33.0 Å². The Morgan fingerprint density at radius 3 is 2.54 bits per heavy atom. The second kappa shape index (κ2) is 7.38. The molecule has 2 aromatic carbocycles. The number of fused-ring (bicyclic) bond motifs is 1. The Labute approximate surface area is 160 Å². The van der Waals surface area contributed by atoms with E-state index >= 15 is 0 Å². The summed E-state index contributed by atoms with van der Waals surface area (Å²) in [6.07, 6.45) is 1.24. The zero-order valence-electron chi connectivity index (χ0n) is 15.4. The third-order valence-electron chi connectivity index (χ3n) is 4.74. The molecule has 0 N–H and O–H groups in total. The van der Waals surface area contributed by atoms with Crippen molar-refractivity contribution in [3.63, 3.8) is 0 Å². The summed E-state index contributed by atoms with van der Waals surface area (Å²) in [4.78, 5) is 17.4. The van der Waals surface area contributed by atoms with Crippen LogP contribution in [0.1, 0.15) is 27.9 Å². The second-order valence-corrected chi connectivity index (χ2v) is 6.32. The zero-order valence-corrected chi connectivity index (χ0v) is 15.4. The molecule has 2 heterocycles. The molecule has 0 aromatic heterocycles. The lowest BCUT2D eigenvalue weighted by atomic mass is 9.95. The molecule has 0 amide bonds. The van der Waals surface area contributed by atoms with Crippen molar-refractivity contribution in [2.45, 2.75) is 18.9 Å². The molecule has 146 valence electrons. The van der Waals surface area contributed by atoms with Gasteiger partial charge in [0.2, 0.25) is 18.3 Å². The number of benzene rings is 2. The zero-order chi connectivity index (χ0) is 19.7. The standard InChI is InChI=1S/C20H18FNO6/c1-24-17-14(15(9-23)18-20(19(17)25-2)27-10-26-18)7-13-8-16(22-28-13)11-3-5-12(21)6-4-11/h3-6,9,13H,7-8,10H2,1-2H3/t13-/m0/s1. The average Bonchev–Trinajstić information content (AvgIpc) is 3.37. The van der Waals surface area contributed by atoms with Crippen LogP contribution in [0.4, 0.5) is 4.39 Å². The van der Waals surface area contributed by atoms with E-state index in [9.17, 15) is 9.18 Å². The van der Waals surface area contributed by atoms with Crippen LogP contribution in [-0.4, -0.2) is 39.1 Å². The van der Waals surface area contributed by atoms with Crippen molar-refractivity contribution in [3.05, 3.63) is 46.8 Å². The highest BCUT2D eigenvalue weighted by molar-refractivity contribution is 6.01. The van der Waals surface area contributed by atoms with E-state index in [1.165, 1.54) is 26.4 Å². The number of hydrogen-bond acceptors (Lipinski definition) is 7. The minimum Gasteiger partial charge on any atom is -0.492 e. The van der Waals surface area contributed by atoms with Gasteiger partial charge in [-0.25, -0.2) is 4.39 Å². The smallest absolute Gasteiger partial charge is 0.231 e. The summed E-state index contributed by atoms with van der Waals surface area (Å²) in [6, 6.07) is 6.06. The van der Waals surface area contributed by atoms with Crippen molar-refractivity contribution in [1.82, 2.24) is 0 Å². The number of ether oxygens (including phenoxy) is 4. The molecule has 1 atom stereocenters. The summed E-state index contributed by atoms with van der Waals surface area (Å²) in [5.41, 5.74) is 2.43. The highest BCUT2D eigenvalue weighted by atomic mass is 19.1. The molecule has 8 heteroatoms. The molecule has 0 fully saturated rings. The second-order valence-electron chi connectivity index (χ2n) is 6.32. The Hall–Kier alpha value is -3.29. The number of nitrogens with zero attached hydrogens (tertiary/aromatic N) is 1. The minimum absolute atomic E-state index is 0.00308. The summed E-state index contributed by atoms with van der Waals surface area (Å²) in [5.74, 6) is 1.13. The van der Waals surface area contributed by atoms with Crippen LogP contribution in [-0.2, 0) is 11.3 Å². The van der Waals surface area contributed by atoms with Gasteiger partial charge in [0.25, 0.3) is 0 Å². The third kappa shape index (κ3) is 3.00. The quantitative estimate of drug-likeness (QED) is 0.709. The summed E-state index contributed by atoms with van der Waals surface area (Å²) in [5, 5.41) is 4.12. The van der Waals surface area contributed by atoms with Crippen molar-refractivity contribution in [2.75, 3.05) is 21.0 Å². The minimum atomic E-state index is -0.322. The van der Waals surface area contributed by atoms with E-state index in [1.54, 1.807) is 12.1 Å². The Morgan fingerprint density at radius 2 is 1.86 bits per heavy atom. The lowest BCUT2D eigenvalue weighted by molar-refractivity contribution is 0.0850. The SMILES string of the molecule is COc1c(C[C@H]2CC(c3ccc(F)cc3)=NO2)c(C=O)c2c(c1OC)OCO2. The summed E-state index contributed by atoms with van der Waals surface area (Å²) in [6.45, 7) is -0.00308. The highest BCUT2D eigenvalue weighted by Gasteiger charge is 2.33. The van der Waals surface area contributed by atoms with Gasteiger partial charge in [-0.2, -0.15) is 0 Å². The number of carbonyl (C=O) groups is 1.